The molecule has 2 heterocycles. The van der Waals surface area contributed by atoms with Crippen LogP contribution < -0.4 is 5.73 Å². The summed E-state index contributed by atoms with van der Waals surface area (Å²) in [6.45, 7) is 2.96. The number of nitrogens with two attached hydrogens (primary N) is 1. The zero-order valence-electron chi connectivity index (χ0n) is 8.89. The van der Waals surface area contributed by atoms with Crippen LogP contribution in [0, 0.1) is 3.57 Å². The first-order valence-electron chi connectivity index (χ1n) is 5.02. The number of aromatic nitrogens is 4. The molecule has 2 rings (SSSR count). The highest BCUT2D eigenvalue weighted by Gasteiger charge is 2.09. The third-order valence-electron chi connectivity index (χ3n) is 2.15. The topological polar surface area (TPSA) is 69.6 Å². The lowest BCUT2D eigenvalue weighted by Gasteiger charge is -2.05. The van der Waals surface area contributed by atoms with E-state index in [2.05, 4.69) is 44.6 Å². The largest absolute Gasteiger partial charge is 0.383 e. The number of nitrogens with zero attached hydrogens (tertiary/aromatic N) is 4. The van der Waals surface area contributed by atoms with E-state index < -0.39 is 0 Å². The molecule has 84 valence electrons. The van der Waals surface area contributed by atoms with E-state index in [1.54, 1.807) is 12.4 Å². The van der Waals surface area contributed by atoms with Crippen molar-refractivity contribution in [3.8, 4) is 11.5 Å². The quantitative estimate of drug-likeness (QED) is 0.874. The summed E-state index contributed by atoms with van der Waals surface area (Å²) in [5.41, 5.74) is 6.67. The highest BCUT2D eigenvalue weighted by atomic mass is 127. The number of nitrogen functional groups attached to an aromatic ring is 1. The first-order chi connectivity index (χ1) is 7.72. The summed E-state index contributed by atoms with van der Waals surface area (Å²) in [7, 11) is 0. The number of hydrogen-bond acceptors (Lipinski definition) is 4. The van der Waals surface area contributed by atoms with E-state index in [-0.39, 0.29) is 0 Å². The smallest absolute Gasteiger partial charge is 0.179 e. The van der Waals surface area contributed by atoms with Crippen LogP contribution in [0.3, 0.4) is 0 Å². The van der Waals surface area contributed by atoms with Gasteiger partial charge in [-0.05, 0) is 35.1 Å². The molecule has 0 fully saturated rings. The Kier molecular flexibility index (Phi) is 3.37. The SMILES string of the molecule is CCCn1nccc1-c1ncc(I)c(N)n1. The average Bonchev–Trinajstić information content (AvgIpc) is 2.71. The van der Waals surface area contributed by atoms with E-state index >= 15 is 0 Å². The maximum Gasteiger partial charge on any atom is 0.179 e. The maximum atomic E-state index is 5.76. The van der Waals surface area contributed by atoms with Crippen molar-refractivity contribution in [2.75, 3.05) is 5.73 Å². The normalized spacial score (nSPS) is 10.6. The zero-order chi connectivity index (χ0) is 11.5. The summed E-state index contributed by atoms with van der Waals surface area (Å²) in [5, 5.41) is 4.23. The van der Waals surface area contributed by atoms with Gasteiger partial charge >= 0.3 is 0 Å². The van der Waals surface area contributed by atoms with Gasteiger partial charge in [0.05, 0.1) is 3.57 Å². The summed E-state index contributed by atoms with van der Waals surface area (Å²) < 4.78 is 2.75. The molecular weight excluding hydrogens is 317 g/mol. The molecule has 0 aromatic carbocycles. The van der Waals surface area contributed by atoms with Crippen molar-refractivity contribution >= 4 is 28.4 Å². The molecule has 0 aliphatic heterocycles. The van der Waals surface area contributed by atoms with Gasteiger partial charge in [0.25, 0.3) is 0 Å². The molecule has 0 aliphatic rings. The molecule has 0 atom stereocenters. The molecule has 0 spiro atoms. The Bertz CT molecular complexity index is 494. The molecule has 0 saturated carbocycles. The van der Waals surface area contributed by atoms with Gasteiger partial charge in [0.2, 0.25) is 0 Å². The molecule has 0 unspecified atom stereocenters. The predicted molar refractivity (Wildman–Crippen MR) is 70.7 cm³/mol. The van der Waals surface area contributed by atoms with Crippen LogP contribution in [0.25, 0.3) is 11.5 Å². The minimum absolute atomic E-state index is 0.509. The van der Waals surface area contributed by atoms with E-state index in [0.717, 1.165) is 22.2 Å². The molecule has 0 saturated heterocycles. The summed E-state index contributed by atoms with van der Waals surface area (Å²) in [6, 6.07) is 1.90. The maximum absolute atomic E-state index is 5.76. The number of rotatable bonds is 3. The molecule has 0 amide bonds. The molecule has 16 heavy (non-hydrogen) atoms. The second kappa shape index (κ2) is 4.77. The third kappa shape index (κ3) is 2.16. The van der Waals surface area contributed by atoms with E-state index in [0.29, 0.717) is 11.6 Å². The summed E-state index contributed by atoms with van der Waals surface area (Å²) in [5.74, 6) is 1.14. The van der Waals surface area contributed by atoms with Crippen LogP contribution in [0.5, 0.6) is 0 Å². The minimum Gasteiger partial charge on any atom is -0.383 e. The summed E-state index contributed by atoms with van der Waals surface area (Å²) >= 11 is 2.11. The Morgan fingerprint density at radius 3 is 3.00 bits per heavy atom. The second-order valence-corrected chi connectivity index (χ2v) is 4.53. The van der Waals surface area contributed by atoms with Crippen LogP contribution in [-0.4, -0.2) is 19.7 Å². The van der Waals surface area contributed by atoms with Crippen LogP contribution in [-0.2, 0) is 6.54 Å². The van der Waals surface area contributed by atoms with Crippen molar-refractivity contribution in [3.63, 3.8) is 0 Å². The van der Waals surface area contributed by atoms with Crippen molar-refractivity contribution < 1.29 is 0 Å². The highest BCUT2D eigenvalue weighted by molar-refractivity contribution is 14.1. The fraction of sp³-hybridized carbons (Fsp3) is 0.300. The molecule has 5 nitrogen and oxygen atoms in total. The van der Waals surface area contributed by atoms with Crippen molar-refractivity contribution in [1.82, 2.24) is 19.7 Å². The molecule has 0 bridgehead atoms. The van der Waals surface area contributed by atoms with Crippen molar-refractivity contribution in [1.29, 1.82) is 0 Å². The van der Waals surface area contributed by atoms with Gasteiger partial charge in [-0.25, -0.2) is 9.97 Å². The fourth-order valence-corrected chi connectivity index (χ4v) is 1.68. The lowest BCUT2D eigenvalue weighted by atomic mass is 10.3. The molecule has 2 aromatic rings. The Morgan fingerprint density at radius 1 is 1.50 bits per heavy atom. The van der Waals surface area contributed by atoms with Gasteiger partial charge in [0.1, 0.15) is 11.5 Å². The second-order valence-electron chi connectivity index (χ2n) is 3.37. The van der Waals surface area contributed by atoms with Crippen LogP contribution >= 0.6 is 22.6 Å². The third-order valence-corrected chi connectivity index (χ3v) is 2.98. The Labute approximate surface area is 107 Å². The van der Waals surface area contributed by atoms with Crippen molar-refractivity contribution in [2.45, 2.75) is 19.9 Å². The van der Waals surface area contributed by atoms with Gasteiger partial charge in [-0.15, -0.1) is 0 Å². The van der Waals surface area contributed by atoms with E-state index in [1.165, 1.54) is 0 Å². The van der Waals surface area contributed by atoms with E-state index in [4.69, 9.17) is 5.73 Å². The predicted octanol–water partition coefficient (Wildman–Crippen LogP) is 1.94. The lowest BCUT2D eigenvalue weighted by molar-refractivity contribution is 0.606. The van der Waals surface area contributed by atoms with Crippen LogP contribution in [0.4, 0.5) is 5.82 Å². The molecule has 2 aromatic heterocycles. The fourth-order valence-electron chi connectivity index (χ4n) is 1.42. The van der Waals surface area contributed by atoms with Gasteiger partial charge in [-0.1, -0.05) is 6.92 Å². The Balaban J connectivity index is 2.42. The van der Waals surface area contributed by atoms with Crippen molar-refractivity contribution in [2.24, 2.45) is 0 Å². The minimum atomic E-state index is 0.509. The average molecular weight is 329 g/mol. The number of hydrogen-bond donors (Lipinski definition) is 1. The van der Waals surface area contributed by atoms with Gasteiger partial charge in [0, 0.05) is 18.9 Å². The molecule has 2 N–H and O–H groups in total. The molecule has 0 radical (unpaired) electrons. The summed E-state index contributed by atoms with van der Waals surface area (Å²) in [6.07, 6.45) is 4.50. The monoisotopic (exact) mass is 329 g/mol. The van der Waals surface area contributed by atoms with E-state index in [1.807, 2.05) is 10.7 Å². The standard InChI is InChI=1S/C10H12IN5/c1-2-5-16-8(3-4-14-16)10-13-6-7(11)9(12)15-10/h3-4,6H,2,5H2,1H3,(H2,12,13,15). The van der Waals surface area contributed by atoms with E-state index in [9.17, 15) is 0 Å². The van der Waals surface area contributed by atoms with Gasteiger partial charge in [-0.3, -0.25) is 4.68 Å². The number of halogens is 1. The molecule has 6 heteroatoms. The van der Waals surface area contributed by atoms with Crippen molar-refractivity contribution in [3.05, 3.63) is 22.0 Å². The summed E-state index contributed by atoms with van der Waals surface area (Å²) in [4.78, 5) is 8.52. The Morgan fingerprint density at radius 2 is 2.31 bits per heavy atom. The van der Waals surface area contributed by atoms with Crippen LogP contribution in [0.1, 0.15) is 13.3 Å². The van der Waals surface area contributed by atoms with Gasteiger partial charge in [0.15, 0.2) is 5.82 Å². The van der Waals surface area contributed by atoms with Gasteiger partial charge in [-0.2, -0.15) is 5.10 Å². The highest BCUT2D eigenvalue weighted by Crippen LogP contribution is 2.18. The zero-order valence-corrected chi connectivity index (χ0v) is 11.0. The molecule has 0 aliphatic carbocycles. The molecular formula is C10H12IN5. The Hall–Kier alpha value is -1.18. The van der Waals surface area contributed by atoms with Crippen LogP contribution in [0.2, 0.25) is 0 Å². The van der Waals surface area contributed by atoms with Crippen LogP contribution in [0.15, 0.2) is 18.5 Å². The first-order valence-corrected chi connectivity index (χ1v) is 6.10. The first kappa shape index (κ1) is 11.3. The lowest BCUT2D eigenvalue weighted by Crippen LogP contribution is -2.05. The van der Waals surface area contributed by atoms with Gasteiger partial charge < -0.3 is 5.73 Å². The number of anilines is 1. The number of aryl methyl sites for hydroxylation is 1.